The molecule has 0 atom stereocenters. The zero-order chi connectivity index (χ0) is 14.9. The summed E-state index contributed by atoms with van der Waals surface area (Å²) >= 11 is 0. The molecule has 0 bridgehead atoms. The van der Waals surface area contributed by atoms with Gasteiger partial charge in [-0.2, -0.15) is 0 Å². The molecule has 1 saturated heterocycles. The highest BCUT2D eigenvalue weighted by Gasteiger charge is 2.21. The fourth-order valence-electron chi connectivity index (χ4n) is 2.21. The molecule has 2 rings (SSSR count). The second-order valence-electron chi connectivity index (χ2n) is 5.08. The van der Waals surface area contributed by atoms with Gasteiger partial charge >= 0.3 is 0 Å². The lowest BCUT2D eigenvalue weighted by atomic mass is 9.99. The molecular formula is C15H23N3O3. The number of nitrogens with one attached hydrogen (secondary N) is 2. The van der Waals surface area contributed by atoms with Crippen LogP contribution in [-0.4, -0.2) is 44.4 Å². The molecule has 1 aromatic heterocycles. The molecule has 0 spiro atoms. The molecule has 6 nitrogen and oxygen atoms in total. The third-order valence-corrected chi connectivity index (χ3v) is 3.46. The van der Waals surface area contributed by atoms with Crippen LogP contribution >= 0.6 is 0 Å². The largest absolute Gasteiger partial charge is 0.385 e. The first kappa shape index (κ1) is 15.7. The minimum atomic E-state index is 0.0339. The lowest BCUT2D eigenvalue weighted by molar-refractivity contribution is -0.122. The highest BCUT2D eigenvalue weighted by atomic mass is 16.5. The second-order valence-corrected chi connectivity index (χ2v) is 5.08. The molecule has 6 heteroatoms. The number of carbonyl (C=O) groups is 1. The molecule has 1 amide bonds. The normalized spacial score (nSPS) is 15.7. The van der Waals surface area contributed by atoms with Crippen LogP contribution in [0.25, 0.3) is 0 Å². The van der Waals surface area contributed by atoms with Crippen LogP contribution in [0.1, 0.15) is 19.3 Å². The van der Waals surface area contributed by atoms with Crippen molar-refractivity contribution in [2.24, 2.45) is 5.92 Å². The minimum Gasteiger partial charge on any atom is -0.385 e. The first-order chi connectivity index (χ1) is 10.3. The van der Waals surface area contributed by atoms with Crippen molar-refractivity contribution in [1.82, 2.24) is 4.98 Å². The number of carbonyl (C=O) groups excluding carboxylic acids is 1. The van der Waals surface area contributed by atoms with E-state index in [9.17, 15) is 4.79 Å². The van der Waals surface area contributed by atoms with Crippen molar-refractivity contribution in [3.8, 4) is 0 Å². The maximum Gasteiger partial charge on any atom is 0.228 e. The van der Waals surface area contributed by atoms with Crippen LogP contribution in [0.4, 0.5) is 11.5 Å². The van der Waals surface area contributed by atoms with Gasteiger partial charge in [-0.05, 0) is 31.4 Å². The van der Waals surface area contributed by atoms with E-state index in [1.807, 2.05) is 12.1 Å². The molecule has 21 heavy (non-hydrogen) atoms. The molecule has 0 aliphatic carbocycles. The first-order valence-electron chi connectivity index (χ1n) is 7.37. The molecule has 1 aliphatic rings. The Kier molecular flexibility index (Phi) is 6.43. The van der Waals surface area contributed by atoms with Gasteiger partial charge in [0.25, 0.3) is 0 Å². The van der Waals surface area contributed by atoms with Gasteiger partial charge in [-0.3, -0.25) is 4.79 Å². The Labute approximate surface area is 125 Å². The maximum atomic E-state index is 12.1. The van der Waals surface area contributed by atoms with Crippen LogP contribution in [0.2, 0.25) is 0 Å². The number of methoxy groups -OCH3 is 1. The topological polar surface area (TPSA) is 72.5 Å². The van der Waals surface area contributed by atoms with E-state index >= 15 is 0 Å². The minimum absolute atomic E-state index is 0.0339. The predicted octanol–water partition coefficient (Wildman–Crippen LogP) is 1.90. The summed E-state index contributed by atoms with van der Waals surface area (Å²) in [5, 5.41) is 6.11. The van der Waals surface area contributed by atoms with Crippen molar-refractivity contribution < 1.29 is 14.3 Å². The van der Waals surface area contributed by atoms with Gasteiger partial charge in [-0.1, -0.05) is 0 Å². The van der Waals surface area contributed by atoms with E-state index in [0.717, 1.165) is 38.1 Å². The van der Waals surface area contributed by atoms with E-state index in [4.69, 9.17) is 9.47 Å². The summed E-state index contributed by atoms with van der Waals surface area (Å²) in [7, 11) is 1.69. The first-order valence-corrected chi connectivity index (χ1v) is 7.37. The summed E-state index contributed by atoms with van der Waals surface area (Å²) < 4.78 is 10.2. The van der Waals surface area contributed by atoms with E-state index in [2.05, 4.69) is 15.6 Å². The molecule has 0 saturated carbocycles. The van der Waals surface area contributed by atoms with Crippen molar-refractivity contribution >= 4 is 17.4 Å². The molecule has 1 fully saturated rings. The van der Waals surface area contributed by atoms with Gasteiger partial charge in [0.1, 0.15) is 5.82 Å². The molecular weight excluding hydrogens is 270 g/mol. The number of hydrogen-bond donors (Lipinski definition) is 2. The van der Waals surface area contributed by atoms with E-state index in [1.54, 1.807) is 13.3 Å². The highest BCUT2D eigenvalue weighted by Crippen LogP contribution is 2.17. The summed E-state index contributed by atoms with van der Waals surface area (Å²) in [6, 6.07) is 3.73. The van der Waals surface area contributed by atoms with Gasteiger partial charge in [-0.15, -0.1) is 0 Å². The third kappa shape index (κ3) is 5.32. The Morgan fingerprint density at radius 3 is 2.90 bits per heavy atom. The second kappa shape index (κ2) is 8.59. The van der Waals surface area contributed by atoms with Crippen molar-refractivity contribution in [2.75, 3.05) is 44.1 Å². The van der Waals surface area contributed by atoms with Gasteiger partial charge < -0.3 is 20.1 Å². The Hall–Kier alpha value is -1.66. The summed E-state index contributed by atoms with van der Waals surface area (Å²) in [4.78, 5) is 16.3. The van der Waals surface area contributed by atoms with Gasteiger partial charge in [0.2, 0.25) is 5.91 Å². The van der Waals surface area contributed by atoms with Crippen molar-refractivity contribution in [1.29, 1.82) is 0 Å². The Bertz CT molecular complexity index is 430. The highest BCUT2D eigenvalue weighted by molar-refractivity contribution is 5.91. The number of pyridine rings is 1. The van der Waals surface area contributed by atoms with Gasteiger partial charge in [0.15, 0.2) is 0 Å². The van der Waals surface area contributed by atoms with E-state index in [1.165, 1.54) is 0 Å². The molecule has 1 aliphatic heterocycles. The van der Waals surface area contributed by atoms with Crippen molar-refractivity contribution in [3.05, 3.63) is 18.3 Å². The number of hydrogen-bond acceptors (Lipinski definition) is 5. The van der Waals surface area contributed by atoms with Crippen LogP contribution in [0.5, 0.6) is 0 Å². The van der Waals surface area contributed by atoms with Crippen LogP contribution in [0.3, 0.4) is 0 Å². The Morgan fingerprint density at radius 2 is 2.24 bits per heavy atom. The average molecular weight is 293 g/mol. The fraction of sp³-hybridized carbons (Fsp3) is 0.600. The van der Waals surface area contributed by atoms with Gasteiger partial charge in [0, 0.05) is 39.4 Å². The lowest BCUT2D eigenvalue weighted by Crippen LogP contribution is -2.28. The molecule has 2 heterocycles. The summed E-state index contributed by atoms with van der Waals surface area (Å²) in [5.74, 6) is 0.660. The molecule has 0 radical (unpaired) electrons. The van der Waals surface area contributed by atoms with Crippen molar-refractivity contribution in [3.63, 3.8) is 0 Å². The standard InChI is InChI=1S/C15H23N3O3/c1-20-8-2-7-16-13-3-4-14(17-11-13)18-15(19)12-5-9-21-10-6-12/h3-4,11-12,16H,2,5-10H2,1H3,(H,17,18,19). The third-order valence-electron chi connectivity index (χ3n) is 3.46. The molecule has 116 valence electrons. The quantitative estimate of drug-likeness (QED) is 0.751. The van der Waals surface area contributed by atoms with Crippen LogP contribution in [0.15, 0.2) is 18.3 Å². The van der Waals surface area contributed by atoms with E-state index in [0.29, 0.717) is 19.0 Å². The summed E-state index contributed by atoms with van der Waals surface area (Å²) in [6.45, 7) is 2.90. The number of aromatic nitrogens is 1. The van der Waals surface area contributed by atoms with E-state index < -0.39 is 0 Å². The zero-order valence-electron chi connectivity index (χ0n) is 12.4. The maximum absolute atomic E-state index is 12.1. The molecule has 1 aromatic rings. The van der Waals surface area contributed by atoms with E-state index in [-0.39, 0.29) is 11.8 Å². The Balaban J connectivity index is 1.77. The smallest absolute Gasteiger partial charge is 0.228 e. The van der Waals surface area contributed by atoms with Gasteiger partial charge in [-0.25, -0.2) is 4.98 Å². The number of ether oxygens (including phenoxy) is 2. The average Bonchev–Trinajstić information content (AvgIpc) is 2.54. The van der Waals surface area contributed by atoms with Crippen LogP contribution in [-0.2, 0) is 14.3 Å². The predicted molar refractivity (Wildman–Crippen MR) is 81.4 cm³/mol. The lowest BCUT2D eigenvalue weighted by Gasteiger charge is -2.20. The zero-order valence-corrected chi connectivity index (χ0v) is 12.4. The number of anilines is 2. The number of amides is 1. The van der Waals surface area contributed by atoms with Gasteiger partial charge in [0.05, 0.1) is 11.9 Å². The van der Waals surface area contributed by atoms with Crippen LogP contribution < -0.4 is 10.6 Å². The monoisotopic (exact) mass is 293 g/mol. The number of rotatable bonds is 7. The summed E-state index contributed by atoms with van der Waals surface area (Å²) in [5.41, 5.74) is 0.940. The SMILES string of the molecule is COCCCNc1ccc(NC(=O)C2CCOCC2)nc1. The van der Waals surface area contributed by atoms with Crippen molar-refractivity contribution in [2.45, 2.75) is 19.3 Å². The Morgan fingerprint density at radius 1 is 1.43 bits per heavy atom. The molecule has 0 unspecified atom stereocenters. The summed E-state index contributed by atoms with van der Waals surface area (Å²) in [6.07, 6.45) is 4.24. The molecule has 0 aromatic carbocycles. The van der Waals surface area contributed by atoms with Crippen LogP contribution in [0, 0.1) is 5.92 Å². The fourth-order valence-corrected chi connectivity index (χ4v) is 2.21. The molecule has 2 N–H and O–H groups in total. The number of nitrogens with zero attached hydrogens (tertiary/aromatic N) is 1.